The van der Waals surface area contributed by atoms with Gasteiger partial charge in [-0.25, -0.2) is 0 Å². The number of allylic oxidation sites excluding steroid dienone is 1. The van der Waals surface area contributed by atoms with E-state index in [4.69, 9.17) is 26.4 Å². The van der Waals surface area contributed by atoms with Gasteiger partial charge in [0, 0.05) is 18.8 Å². The average Bonchev–Trinajstić information content (AvgIpc) is 3.09. The van der Waals surface area contributed by atoms with Crippen LogP contribution in [0.15, 0.2) is 29.5 Å². The molecule has 3 aliphatic rings. The molecule has 0 radical (unpaired) electrons. The summed E-state index contributed by atoms with van der Waals surface area (Å²) >= 11 is 5.30. The molecule has 132 valence electrons. The van der Waals surface area contributed by atoms with Crippen molar-refractivity contribution in [2.45, 2.75) is 13.0 Å². The van der Waals surface area contributed by atoms with Gasteiger partial charge in [0.2, 0.25) is 6.79 Å². The van der Waals surface area contributed by atoms with Crippen LogP contribution in [0.25, 0.3) is 0 Å². The van der Waals surface area contributed by atoms with Gasteiger partial charge in [-0.15, -0.1) is 0 Å². The summed E-state index contributed by atoms with van der Waals surface area (Å²) in [5.74, 6) is 1.38. The average molecular weight is 361 g/mol. The number of hydrogen-bond donors (Lipinski definition) is 2. The van der Waals surface area contributed by atoms with Gasteiger partial charge in [-0.3, -0.25) is 4.79 Å². The molecule has 0 spiro atoms. The van der Waals surface area contributed by atoms with Crippen LogP contribution in [0.2, 0.25) is 0 Å². The number of nitrogens with zero attached hydrogens (tertiary/aromatic N) is 1. The monoisotopic (exact) mass is 361 g/mol. The zero-order valence-corrected chi connectivity index (χ0v) is 14.6. The Hall–Kier alpha value is -2.32. The van der Waals surface area contributed by atoms with E-state index in [2.05, 4.69) is 10.6 Å². The molecule has 0 bridgehead atoms. The lowest BCUT2D eigenvalue weighted by molar-refractivity contribution is -0.131. The fraction of sp³-hybridized carbons (Fsp3) is 0.412. The molecule has 0 unspecified atom stereocenters. The summed E-state index contributed by atoms with van der Waals surface area (Å²) in [5.41, 5.74) is 2.33. The van der Waals surface area contributed by atoms with Crippen LogP contribution in [0, 0.1) is 0 Å². The quantitative estimate of drug-likeness (QED) is 0.764. The molecular formula is C17H19N3O4S. The van der Waals surface area contributed by atoms with Crippen molar-refractivity contribution in [2.24, 2.45) is 0 Å². The Morgan fingerprint density at radius 3 is 2.80 bits per heavy atom. The van der Waals surface area contributed by atoms with Gasteiger partial charge in [0.25, 0.3) is 5.91 Å². The molecule has 1 amide bonds. The molecule has 0 aromatic heterocycles. The van der Waals surface area contributed by atoms with E-state index in [1.807, 2.05) is 30.0 Å². The summed E-state index contributed by atoms with van der Waals surface area (Å²) in [4.78, 5) is 14.9. The van der Waals surface area contributed by atoms with E-state index in [9.17, 15) is 4.79 Å². The van der Waals surface area contributed by atoms with Crippen molar-refractivity contribution in [3.05, 3.63) is 35.0 Å². The van der Waals surface area contributed by atoms with Crippen LogP contribution < -0.4 is 20.1 Å². The summed E-state index contributed by atoms with van der Waals surface area (Å²) in [7, 11) is 0. The maximum Gasteiger partial charge on any atom is 0.254 e. The highest BCUT2D eigenvalue weighted by Gasteiger charge is 2.33. The van der Waals surface area contributed by atoms with Gasteiger partial charge < -0.3 is 29.7 Å². The van der Waals surface area contributed by atoms with Crippen molar-refractivity contribution in [3.8, 4) is 11.5 Å². The van der Waals surface area contributed by atoms with E-state index in [1.165, 1.54) is 0 Å². The van der Waals surface area contributed by atoms with Crippen LogP contribution in [0.1, 0.15) is 18.5 Å². The third kappa shape index (κ3) is 3.03. The molecule has 1 aromatic carbocycles. The number of ether oxygens (including phenoxy) is 3. The van der Waals surface area contributed by atoms with Gasteiger partial charge in [-0.2, -0.15) is 0 Å². The number of rotatable bonds is 2. The van der Waals surface area contributed by atoms with Crippen molar-refractivity contribution < 1.29 is 19.0 Å². The van der Waals surface area contributed by atoms with Gasteiger partial charge in [0.1, 0.15) is 0 Å². The first-order valence-corrected chi connectivity index (χ1v) is 8.59. The fourth-order valence-electron chi connectivity index (χ4n) is 3.26. The number of amides is 1. The molecule has 1 atom stereocenters. The van der Waals surface area contributed by atoms with Gasteiger partial charge in [-0.1, -0.05) is 6.07 Å². The number of nitrogens with one attached hydrogen (secondary N) is 2. The molecule has 4 rings (SSSR count). The van der Waals surface area contributed by atoms with Crippen molar-refractivity contribution in [1.82, 2.24) is 15.5 Å². The Balaban J connectivity index is 1.69. The SMILES string of the molecule is CC1=C(C(=O)N2CCOCC2)[C@@H](c2ccc3c(c2)OCO3)NC(=S)N1. The highest BCUT2D eigenvalue weighted by atomic mass is 32.1. The van der Waals surface area contributed by atoms with E-state index in [0.29, 0.717) is 48.5 Å². The lowest BCUT2D eigenvalue weighted by Gasteiger charge is -2.34. The normalized spacial score (nSPS) is 22.5. The highest BCUT2D eigenvalue weighted by molar-refractivity contribution is 7.80. The van der Waals surface area contributed by atoms with Crippen LogP contribution >= 0.6 is 12.2 Å². The van der Waals surface area contributed by atoms with Crippen molar-refractivity contribution in [3.63, 3.8) is 0 Å². The molecule has 1 fully saturated rings. The first-order valence-electron chi connectivity index (χ1n) is 8.18. The Bertz CT molecular complexity index is 758. The van der Waals surface area contributed by atoms with Crippen LogP contribution in [-0.4, -0.2) is 49.0 Å². The molecule has 0 saturated carbocycles. The maximum atomic E-state index is 13.1. The molecule has 1 aromatic rings. The first kappa shape index (κ1) is 16.2. The van der Waals surface area contributed by atoms with Gasteiger partial charge in [0.05, 0.1) is 24.8 Å². The summed E-state index contributed by atoms with van der Waals surface area (Å²) in [6.45, 7) is 4.39. The third-order valence-corrected chi connectivity index (χ3v) is 4.75. The minimum Gasteiger partial charge on any atom is -0.454 e. The predicted octanol–water partition coefficient (Wildman–Crippen LogP) is 1.07. The van der Waals surface area contributed by atoms with Gasteiger partial charge >= 0.3 is 0 Å². The Morgan fingerprint density at radius 1 is 1.24 bits per heavy atom. The van der Waals surface area contributed by atoms with Crippen molar-refractivity contribution in [2.75, 3.05) is 33.1 Å². The minimum atomic E-state index is -0.335. The second-order valence-corrected chi connectivity index (χ2v) is 6.50. The molecule has 3 aliphatic heterocycles. The summed E-state index contributed by atoms with van der Waals surface area (Å²) in [6.07, 6.45) is 0. The molecule has 7 nitrogen and oxygen atoms in total. The van der Waals surface area contributed by atoms with Crippen LogP contribution in [0.5, 0.6) is 11.5 Å². The van der Waals surface area contributed by atoms with E-state index >= 15 is 0 Å². The second-order valence-electron chi connectivity index (χ2n) is 6.09. The maximum absolute atomic E-state index is 13.1. The predicted molar refractivity (Wildman–Crippen MR) is 94.3 cm³/mol. The van der Waals surface area contributed by atoms with Gasteiger partial charge in [0.15, 0.2) is 16.6 Å². The molecule has 3 heterocycles. The largest absolute Gasteiger partial charge is 0.454 e. The molecule has 1 saturated heterocycles. The Labute approximate surface area is 150 Å². The van der Waals surface area contributed by atoms with Crippen LogP contribution in [0.3, 0.4) is 0 Å². The second kappa shape index (κ2) is 6.53. The standard InChI is InChI=1S/C17H19N3O4S/c1-10-14(16(21)20-4-6-22-7-5-20)15(19-17(25)18-10)11-2-3-12-13(8-11)24-9-23-12/h2-3,8,15H,4-7,9H2,1H3,(H2,18,19,25)/t15-/m1/s1. The summed E-state index contributed by atoms with van der Waals surface area (Å²) in [5, 5.41) is 6.78. The first-order chi connectivity index (χ1) is 12.1. The number of carbonyl (C=O) groups is 1. The summed E-state index contributed by atoms with van der Waals surface area (Å²) in [6, 6.07) is 5.35. The number of carbonyl (C=O) groups excluding carboxylic acids is 1. The minimum absolute atomic E-state index is 0.00836. The molecule has 25 heavy (non-hydrogen) atoms. The molecule has 0 aliphatic carbocycles. The number of thiocarbonyl (C=S) groups is 1. The number of fused-ring (bicyclic) bond motifs is 1. The van der Waals surface area contributed by atoms with Gasteiger partial charge in [-0.05, 0) is 36.8 Å². The van der Waals surface area contributed by atoms with Crippen LogP contribution in [0.4, 0.5) is 0 Å². The van der Waals surface area contributed by atoms with E-state index in [0.717, 1.165) is 11.3 Å². The highest BCUT2D eigenvalue weighted by Crippen LogP contribution is 2.37. The Morgan fingerprint density at radius 2 is 2.00 bits per heavy atom. The van der Waals surface area contributed by atoms with E-state index in [-0.39, 0.29) is 18.7 Å². The van der Waals surface area contributed by atoms with Crippen molar-refractivity contribution >= 4 is 23.2 Å². The zero-order valence-electron chi connectivity index (χ0n) is 13.8. The zero-order chi connectivity index (χ0) is 17.4. The smallest absolute Gasteiger partial charge is 0.254 e. The van der Waals surface area contributed by atoms with Crippen molar-refractivity contribution in [1.29, 1.82) is 0 Å². The van der Waals surface area contributed by atoms with E-state index < -0.39 is 0 Å². The number of benzene rings is 1. The number of morpholine rings is 1. The fourth-order valence-corrected chi connectivity index (χ4v) is 3.53. The number of hydrogen-bond acceptors (Lipinski definition) is 5. The van der Waals surface area contributed by atoms with Crippen LogP contribution in [-0.2, 0) is 9.53 Å². The molecule has 8 heteroatoms. The van der Waals surface area contributed by atoms with E-state index in [1.54, 1.807) is 0 Å². The molecular weight excluding hydrogens is 342 g/mol. The summed E-state index contributed by atoms with van der Waals surface area (Å²) < 4.78 is 16.2. The lowest BCUT2D eigenvalue weighted by atomic mass is 9.94. The third-order valence-electron chi connectivity index (χ3n) is 4.53. The topological polar surface area (TPSA) is 72.1 Å². The lowest BCUT2D eigenvalue weighted by Crippen LogP contribution is -2.49. The Kier molecular flexibility index (Phi) is 4.22. The molecule has 2 N–H and O–H groups in total.